The van der Waals surface area contributed by atoms with E-state index in [1.807, 2.05) is 0 Å². The van der Waals surface area contributed by atoms with Crippen LogP contribution < -0.4 is 15.8 Å². The van der Waals surface area contributed by atoms with Crippen molar-refractivity contribution < 1.29 is 42.4 Å². The van der Waals surface area contributed by atoms with Crippen LogP contribution >= 0.6 is 0 Å². The second-order valence-corrected chi connectivity index (χ2v) is 7.64. The maximum atomic E-state index is 14.4. The minimum absolute atomic E-state index is 0.208. The van der Waals surface area contributed by atoms with Crippen molar-refractivity contribution in [3.8, 4) is 5.75 Å². The number of alkyl halides is 3. The predicted octanol–water partition coefficient (Wildman–Crippen LogP) is 3.55. The molecular weight excluding hydrogens is 453 g/mol. The first kappa shape index (κ1) is 22.9. The molecule has 1 aromatic heterocycles. The van der Waals surface area contributed by atoms with Gasteiger partial charge in [0.1, 0.15) is 11.8 Å². The highest BCUT2D eigenvalue weighted by atomic mass is 19.4. The van der Waals surface area contributed by atoms with Gasteiger partial charge in [0.15, 0.2) is 17.2 Å². The van der Waals surface area contributed by atoms with Crippen LogP contribution in [0.5, 0.6) is 5.75 Å². The van der Waals surface area contributed by atoms with Crippen LogP contribution in [0.2, 0.25) is 0 Å². The Balaban J connectivity index is 2.10. The van der Waals surface area contributed by atoms with Gasteiger partial charge in [0, 0.05) is 29.3 Å². The standard InChI is InChI=1S/C21H20F5N3O4/c1-9-14(11-4-5-12(22)15(23)16(11)32-3)17(33-20(9,2)21(24,25)26)19(31)29-10-6-7-28-13(8-10)18(27)30/h4-9,14,17H,1-3H3,(H2,27,30)(H,28,29,31)/t9-,14+,17+,20-/m1/s1/i6D. The van der Waals surface area contributed by atoms with Crippen LogP contribution in [0.3, 0.4) is 0 Å². The Morgan fingerprint density at radius 3 is 2.58 bits per heavy atom. The minimum atomic E-state index is -4.93. The number of nitrogens with zero attached hydrogens (tertiary/aromatic N) is 1. The van der Waals surface area contributed by atoms with Gasteiger partial charge in [-0.3, -0.25) is 14.6 Å². The quantitative estimate of drug-likeness (QED) is 0.646. The molecule has 1 aromatic carbocycles. The van der Waals surface area contributed by atoms with E-state index in [4.69, 9.17) is 16.6 Å². The number of carbonyl (C=O) groups excluding carboxylic acids is 2. The third kappa shape index (κ3) is 4.22. The molecule has 0 aliphatic carbocycles. The molecule has 0 radical (unpaired) electrons. The maximum absolute atomic E-state index is 14.4. The molecule has 1 aliphatic rings. The van der Waals surface area contributed by atoms with Crippen LogP contribution in [0.15, 0.2) is 30.4 Å². The van der Waals surface area contributed by atoms with Gasteiger partial charge in [-0.05, 0) is 25.1 Å². The molecule has 0 saturated carbocycles. The number of nitrogens with one attached hydrogen (secondary N) is 1. The Labute approximate surface area is 186 Å². The van der Waals surface area contributed by atoms with Gasteiger partial charge in [-0.2, -0.15) is 17.6 Å². The average molecular weight is 474 g/mol. The van der Waals surface area contributed by atoms with E-state index >= 15 is 0 Å². The summed E-state index contributed by atoms with van der Waals surface area (Å²) in [5.74, 6) is -8.34. The SMILES string of the molecule is [2H]c1cnc(C(N)=O)cc1NC(=O)[C@H]1O[C@@](C)(C(F)(F)F)[C@H](C)[C@H]1c1ccc(F)c(F)c1OC. The number of hydrogen-bond donors (Lipinski definition) is 2. The minimum Gasteiger partial charge on any atom is -0.493 e. The largest absolute Gasteiger partial charge is 0.493 e. The highest BCUT2D eigenvalue weighted by Crippen LogP contribution is 2.55. The molecule has 33 heavy (non-hydrogen) atoms. The fourth-order valence-corrected chi connectivity index (χ4v) is 3.84. The van der Waals surface area contributed by atoms with Gasteiger partial charge in [0.25, 0.3) is 11.8 Å². The van der Waals surface area contributed by atoms with Crippen molar-refractivity contribution in [2.45, 2.75) is 37.6 Å². The molecule has 2 aromatic rings. The molecule has 3 N–H and O–H groups in total. The van der Waals surface area contributed by atoms with Gasteiger partial charge in [0.05, 0.1) is 8.48 Å². The van der Waals surface area contributed by atoms with E-state index in [9.17, 15) is 31.5 Å². The van der Waals surface area contributed by atoms with Crippen molar-refractivity contribution in [2.24, 2.45) is 11.7 Å². The van der Waals surface area contributed by atoms with E-state index in [-0.39, 0.29) is 23.0 Å². The predicted molar refractivity (Wildman–Crippen MR) is 106 cm³/mol. The number of primary amides is 1. The van der Waals surface area contributed by atoms with Crippen LogP contribution in [-0.2, 0) is 9.53 Å². The van der Waals surface area contributed by atoms with Gasteiger partial charge in [-0.25, -0.2) is 4.39 Å². The van der Waals surface area contributed by atoms with Gasteiger partial charge in [0.2, 0.25) is 5.82 Å². The fourth-order valence-electron chi connectivity index (χ4n) is 3.84. The summed E-state index contributed by atoms with van der Waals surface area (Å²) in [7, 11) is 1.01. The molecule has 4 atom stereocenters. The summed E-state index contributed by atoms with van der Waals surface area (Å²) in [6.07, 6.45) is -5.87. The summed E-state index contributed by atoms with van der Waals surface area (Å²) in [4.78, 5) is 28.1. The third-order valence-electron chi connectivity index (χ3n) is 5.79. The lowest BCUT2D eigenvalue weighted by Crippen LogP contribution is -2.47. The van der Waals surface area contributed by atoms with Gasteiger partial charge in [-0.1, -0.05) is 13.0 Å². The van der Waals surface area contributed by atoms with Crippen LogP contribution in [0.25, 0.3) is 0 Å². The second-order valence-electron chi connectivity index (χ2n) is 7.64. The summed E-state index contributed by atoms with van der Waals surface area (Å²) in [5, 5.41) is 2.25. The zero-order valence-corrected chi connectivity index (χ0v) is 17.6. The van der Waals surface area contributed by atoms with Crippen molar-refractivity contribution in [3.05, 3.63) is 53.3 Å². The number of aromatic nitrogens is 1. The number of nitrogens with two attached hydrogens (primary N) is 1. The lowest BCUT2D eigenvalue weighted by molar-refractivity contribution is -0.272. The second kappa shape index (κ2) is 8.58. The summed E-state index contributed by atoms with van der Waals surface area (Å²) < 4.78 is 88.0. The first-order valence-electron chi connectivity index (χ1n) is 10.1. The summed E-state index contributed by atoms with van der Waals surface area (Å²) in [5.41, 5.74) is 1.53. The molecule has 2 amide bonds. The first-order valence-corrected chi connectivity index (χ1v) is 9.56. The molecular formula is C21H20F5N3O4. The Hall–Kier alpha value is -3.28. The summed E-state index contributed by atoms with van der Waals surface area (Å²) >= 11 is 0. The number of rotatable bonds is 5. The number of amides is 2. The lowest BCUT2D eigenvalue weighted by atomic mass is 9.77. The van der Waals surface area contributed by atoms with Crippen molar-refractivity contribution >= 4 is 17.5 Å². The van der Waals surface area contributed by atoms with Crippen LogP contribution in [0.1, 0.15) is 37.2 Å². The number of carbonyl (C=O) groups is 2. The van der Waals surface area contributed by atoms with Crippen molar-refractivity contribution in [1.29, 1.82) is 0 Å². The maximum Gasteiger partial charge on any atom is 0.417 e. The van der Waals surface area contributed by atoms with E-state index in [1.165, 1.54) is 6.92 Å². The molecule has 0 spiro atoms. The molecule has 1 saturated heterocycles. The number of ether oxygens (including phenoxy) is 2. The number of halogens is 5. The Bertz CT molecular complexity index is 1150. The zero-order chi connectivity index (χ0) is 25.6. The Morgan fingerprint density at radius 1 is 1.33 bits per heavy atom. The first-order chi connectivity index (χ1) is 15.7. The van der Waals surface area contributed by atoms with E-state index in [0.29, 0.717) is 6.07 Å². The highest BCUT2D eigenvalue weighted by molar-refractivity contribution is 5.97. The number of methoxy groups -OCH3 is 1. The molecule has 12 heteroatoms. The van der Waals surface area contributed by atoms with E-state index in [0.717, 1.165) is 32.4 Å². The number of anilines is 1. The van der Waals surface area contributed by atoms with E-state index < -0.39 is 58.9 Å². The summed E-state index contributed by atoms with van der Waals surface area (Å²) in [6, 6.07) is 2.36. The number of pyridine rings is 1. The Morgan fingerprint density at radius 2 is 2.00 bits per heavy atom. The lowest BCUT2D eigenvalue weighted by Gasteiger charge is -2.32. The zero-order valence-electron chi connectivity index (χ0n) is 18.6. The average Bonchev–Trinajstić information content (AvgIpc) is 3.03. The fraction of sp³-hybridized carbons (Fsp3) is 0.381. The molecule has 1 fully saturated rings. The van der Waals surface area contributed by atoms with Gasteiger partial charge < -0.3 is 20.5 Å². The normalized spacial score (nSPS) is 25.5. The third-order valence-corrected chi connectivity index (χ3v) is 5.79. The number of benzene rings is 1. The molecule has 0 unspecified atom stereocenters. The molecule has 3 rings (SSSR count). The summed E-state index contributed by atoms with van der Waals surface area (Å²) in [6.45, 7) is 1.91. The van der Waals surface area contributed by atoms with E-state index in [1.54, 1.807) is 0 Å². The molecule has 7 nitrogen and oxygen atoms in total. The smallest absolute Gasteiger partial charge is 0.417 e. The monoisotopic (exact) mass is 474 g/mol. The van der Waals surface area contributed by atoms with E-state index in [2.05, 4.69) is 10.3 Å². The van der Waals surface area contributed by atoms with Gasteiger partial charge in [-0.15, -0.1) is 0 Å². The van der Waals surface area contributed by atoms with Crippen molar-refractivity contribution in [1.82, 2.24) is 4.98 Å². The molecule has 178 valence electrons. The van der Waals surface area contributed by atoms with Crippen LogP contribution in [-0.4, -0.2) is 41.8 Å². The van der Waals surface area contributed by atoms with Crippen LogP contribution in [0.4, 0.5) is 27.6 Å². The number of hydrogen-bond acceptors (Lipinski definition) is 5. The van der Waals surface area contributed by atoms with Crippen LogP contribution in [0, 0.1) is 17.6 Å². The highest BCUT2D eigenvalue weighted by Gasteiger charge is 2.65. The Kier molecular flexibility index (Phi) is 5.95. The molecule has 1 aliphatic heterocycles. The van der Waals surface area contributed by atoms with Crippen molar-refractivity contribution in [3.63, 3.8) is 0 Å². The van der Waals surface area contributed by atoms with Gasteiger partial charge >= 0.3 is 6.18 Å². The molecule has 2 heterocycles. The molecule has 0 bridgehead atoms. The van der Waals surface area contributed by atoms with Crippen molar-refractivity contribution in [2.75, 3.05) is 12.4 Å². The topological polar surface area (TPSA) is 104 Å².